The number of H-pyrrole nitrogens is 1. The van der Waals surface area contributed by atoms with Gasteiger partial charge in [0, 0.05) is 6.42 Å². The van der Waals surface area contributed by atoms with Gasteiger partial charge in [0.2, 0.25) is 11.8 Å². The number of aromatic amines is 1. The number of carbonyl (C=O) groups is 1. The second-order valence-corrected chi connectivity index (χ2v) is 5.43. The largest absolute Gasteiger partial charge is 0.497 e. The zero-order valence-corrected chi connectivity index (χ0v) is 14.5. The number of rotatable bonds is 7. The Hall–Kier alpha value is -3.36. The molecule has 1 aromatic heterocycles. The number of unbranched alkanes of at least 4 members (excludes halogenated alkanes) is 1. The third-order valence-corrected chi connectivity index (χ3v) is 3.59. The van der Waals surface area contributed by atoms with E-state index < -0.39 is 17.1 Å². The number of amides is 1. The third-order valence-electron chi connectivity index (χ3n) is 3.59. The number of methoxy groups -OCH3 is 1. The van der Waals surface area contributed by atoms with Crippen LogP contribution in [0.15, 0.2) is 39.0 Å². The van der Waals surface area contributed by atoms with Gasteiger partial charge in [0.05, 0.1) is 19.0 Å². The number of nitrogens with zero attached hydrogens (tertiary/aromatic N) is 2. The molecule has 0 spiro atoms. The maximum Gasteiger partial charge on any atom is 0.335 e. The van der Waals surface area contributed by atoms with Crippen molar-refractivity contribution in [2.24, 2.45) is 5.10 Å². The monoisotopic (exact) mass is 360 g/mol. The number of hydrogen-bond donors (Lipinski definition) is 3. The van der Waals surface area contributed by atoms with Gasteiger partial charge >= 0.3 is 5.69 Å². The van der Waals surface area contributed by atoms with Crippen LogP contribution in [0.5, 0.6) is 11.6 Å². The van der Waals surface area contributed by atoms with Crippen molar-refractivity contribution in [3.63, 3.8) is 0 Å². The summed E-state index contributed by atoms with van der Waals surface area (Å²) < 4.78 is 5.96. The molecule has 9 nitrogen and oxygen atoms in total. The van der Waals surface area contributed by atoms with Gasteiger partial charge in [-0.15, -0.1) is 0 Å². The molecule has 0 bridgehead atoms. The number of nitrogens with one attached hydrogen (secondary N) is 2. The fraction of sp³-hybridized carbons (Fsp3) is 0.294. The van der Waals surface area contributed by atoms with Crippen molar-refractivity contribution < 1.29 is 14.6 Å². The Balaban J connectivity index is 2.35. The van der Waals surface area contributed by atoms with Crippen molar-refractivity contribution in [2.45, 2.75) is 26.2 Å². The molecule has 0 fully saturated rings. The molecule has 2 rings (SSSR count). The van der Waals surface area contributed by atoms with Crippen molar-refractivity contribution in [3.05, 3.63) is 50.7 Å². The Morgan fingerprint density at radius 3 is 2.65 bits per heavy atom. The Kier molecular flexibility index (Phi) is 6.31. The van der Waals surface area contributed by atoms with E-state index in [9.17, 15) is 19.5 Å². The lowest BCUT2D eigenvalue weighted by Gasteiger charge is -2.10. The number of benzene rings is 1. The molecule has 0 unspecified atom stereocenters. The van der Waals surface area contributed by atoms with E-state index in [1.165, 1.54) is 7.11 Å². The molecule has 2 aromatic rings. The summed E-state index contributed by atoms with van der Waals surface area (Å²) in [5.41, 5.74) is 0.724. The van der Waals surface area contributed by atoms with Crippen LogP contribution in [0.2, 0.25) is 0 Å². The van der Waals surface area contributed by atoms with Crippen molar-refractivity contribution in [1.29, 1.82) is 0 Å². The minimum absolute atomic E-state index is 0.254. The smallest absolute Gasteiger partial charge is 0.335 e. The fourth-order valence-electron chi connectivity index (χ4n) is 2.19. The van der Waals surface area contributed by atoms with Crippen LogP contribution < -0.4 is 21.4 Å². The number of ether oxygens (including phenoxy) is 1. The van der Waals surface area contributed by atoms with E-state index in [0.29, 0.717) is 17.9 Å². The van der Waals surface area contributed by atoms with Gasteiger partial charge in [-0.3, -0.25) is 14.6 Å². The van der Waals surface area contributed by atoms with E-state index >= 15 is 0 Å². The molecule has 138 valence electrons. The standard InChI is InChI=1S/C17H20N4O5/c1-3-4-5-14(22)20-18-10-13-15(23)19-17(25)21(16(13)24)11-6-8-12(26-2)9-7-11/h6-10,24H,3-5H2,1-2H3,(H,20,22)(H,19,23,25)/b18-10+. The Morgan fingerprint density at radius 1 is 1.35 bits per heavy atom. The molecule has 0 aliphatic heterocycles. The van der Waals surface area contributed by atoms with Crippen LogP contribution >= 0.6 is 0 Å². The zero-order chi connectivity index (χ0) is 19.1. The Labute approximate surface area is 149 Å². The van der Waals surface area contributed by atoms with E-state index in [-0.39, 0.29) is 11.5 Å². The fourth-order valence-corrected chi connectivity index (χ4v) is 2.19. The summed E-state index contributed by atoms with van der Waals surface area (Å²) in [5, 5.41) is 14.0. The van der Waals surface area contributed by atoms with E-state index in [0.717, 1.165) is 23.6 Å². The van der Waals surface area contributed by atoms with Crippen LogP contribution in [0.25, 0.3) is 5.69 Å². The highest BCUT2D eigenvalue weighted by Crippen LogP contribution is 2.18. The molecular weight excluding hydrogens is 340 g/mol. The second kappa shape index (κ2) is 8.65. The van der Waals surface area contributed by atoms with Gasteiger partial charge in [-0.25, -0.2) is 14.8 Å². The Morgan fingerprint density at radius 2 is 2.04 bits per heavy atom. The molecule has 3 N–H and O–H groups in total. The highest BCUT2D eigenvalue weighted by Gasteiger charge is 2.14. The first kappa shape index (κ1) is 19.0. The average Bonchev–Trinajstić information content (AvgIpc) is 2.63. The lowest BCUT2D eigenvalue weighted by Crippen LogP contribution is -2.31. The molecule has 1 heterocycles. The highest BCUT2D eigenvalue weighted by atomic mass is 16.5. The molecule has 0 saturated carbocycles. The van der Waals surface area contributed by atoms with Crippen LogP contribution in [-0.2, 0) is 4.79 Å². The lowest BCUT2D eigenvalue weighted by molar-refractivity contribution is -0.121. The molecule has 26 heavy (non-hydrogen) atoms. The SMILES string of the molecule is CCCCC(=O)N/N=C/c1c(O)n(-c2ccc(OC)cc2)c(=O)[nH]c1=O. The molecule has 0 atom stereocenters. The van der Waals surface area contributed by atoms with Gasteiger partial charge in [-0.2, -0.15) is 5.10 Å². The normalized spacial score (nSPS) is 10.8. The predicted molar refractivity (Wildman–Crippen MR) is 96.1 cm³/mol. The van der Waals surface area contributed by atoms with Crippen molar-refractivity contribution >= 4 is 12.1 Å². The van der Waals surface area contributed by atoms with Gasteiger partial charge in [0.1, 0.15) is 11.3 Å². The quantitative estimate of drug-likeness (QED) is 0.499. The number of hydrogen-bond acceptors (Lipinski definition) is 6. The zero-order valence-electron chi connectivity index (χ0n) is 14.5. The van der Waals surface area contributed by atoms with Gasteiger partial charge in [0.25, 0.3) is 5.56 Å². The van der Waals surface area contributed by atoms with Gasteiger partial charge in [-0.05, 0) is 30.7 Å². The first-order chi connectivity index (χ1) is 12.5. The molecule has 1 amide bonds. The maximum absolute atomic E-state index is 12.1. The van der Waals surface area contributed by atoms with Gasteiger partial charge in [-0.1, -0.05) is 13.3 Å². The molecule has 0 aliphatic rings. The second-order valence-electron chi connectivity index (χ2n) is 5.43. The summed E-state index contributed by atoms with van der Waals surface area (Å²) in [6.45, 7) is 1.95. The number of aromatic nitrogens is 2. The molecule has 1 aromatic carbocycles. The van der Waals surface area contributed by atoms with E-state index in [1.54, 1.807) is 24.3 Å². The summed E-state index contributed by atoms with van der Waals surface area (Å²) in [6, 6.07) is 6.31. The summed E-state index contributed by atoms with van der Waals surface area (Å²) in [4.78, 5) is 37.6. The number of aromatic hydroxyl groups is 1. The van der Waals surface area contributed by atoms with Crippen molar-refractivity contribution in [2.75, 3.05) is 7.11 Å². The van der Waals surface area contributed by atoms with Crippen LogP contribution in [0.1, 0.15) is 31.7 Å². The van der Waals surface area contributed by atoms with Crippen LogP contribution in [0.4, 0.5) is 0 Å². The summed E-state index contributed by atoms with van der Waals surface area (Å²) in [5.74, 6) is -0.319. The number of hydrazone groups is 1. The predicted octanol–water partition coefficient (Wildman–Crippen LogP) is 0.880. The minimum Gasteiger partial charge on any atom is -0.497 e. The molecule has 0 radical (unpaired) electrons. The van der Waals surface area contributed by atoms with Crippen molar-refractivity contribution in [1.82, 2.24) is 15.0 Å². The lowest BCUT2D eigenvalue weighted by atomic mass is 10.2. The topological polar surface area (TPSA) is 126 Å². The summed E-state index contributed by atoms with van der Waals surface area (Å²) in [6.07, 6.45) is 2.89. The van der Waals surface area contributed by atoms with E-state index in [1.807, 2.05) is 6.92 Å². The third kappa shape index (κ3) is 4.38. The van der Waals surface area contributed by atoms with Crippen LogP contribution in [0.3, 0.4) is 0 Å². The highest BCUT2D eigenvalue weighted by molar-refractivity contribution is 5.84. The van der Waals surface area contributed by atoms with Crippen LogP contribution in [0, 0.1) is 0 Å². The van der Waals surface area contributed by atoms with Gasteiger partial charge in [0.15, 0.2) is 0 Å². The number of carbonyl (C=O) groups excluding carboxylic acids is 1. The first-order valence-electron chi connectivity index (χ1n) is 8.02. The molecule has 9 heteroatoms. The van der Waals surface area contributed by atoms with Gasteiger partial charge < -0.3 is 9.84 Å². The molecule has 0 saturated heterocycles. The average molecular weight is 360 g/mol. The maximum atomic E-state index is 12.1. The molecule has 0 aliphatic carbocycles. The Bertz CT molecular complexity index is 912. The first-order valence-corrected chi connectivity index (χ1v) is 8.02. The summed E-state index contributed by atoms with van der Waals surface area (Å²) in [7, 11) is 1.50. The molecular formula is C17H20N4O5. The van der Waals surface area contributed by atoms with Crippen molar-refractivity contribution in [3.8, 4) is 17.3 Å². The summed E-state index contributed by atoms with van der Waals surface area (Å²) >= 11 is 0. The van der Waals surface area contributed by atoms with E-state index in [4.69, 9.17) is 4.74 Å². The minimum atomic E-state index is -0.816. The van der Waals surface area contributed by atoms with E-state index in [2.05, 4.69) is 15.5 Å². The van der Waals surface area contributed by atoms with Crippen LogP contribution in [-0.4, -0.2) is 33.9 Å².